The van der Waals surface area contributed by atoms with Crippen LogP contribution in [-0.4, -0.2) is 25.7 Å². The third kappa shape index (κ3) is 2.44. The molecule has 0 aromatic carbocycles. The molecule has 2 heterocycles. The topological polar surface area (TPSA) is 54.6 Å². The Bertz CT molecular complexity index is 536. The third-order valence-corrected chi connectivity index (χ3v) is 4.06. The Morgan fingerprint density at radius 3 is 2.88 bits per heavy atom. The van der Waals surface area contributed by atoms with Crippen LogP contribution in [0.4, 0.5) is 0 Å². The number of hydrogen-bond acceptors (Lipinski definition) is 3. The number of hydrogen-bond donors (Lipinski definition) is 1. The van der Waals surface area contributed by atoms with Crippen molar-refractivity contribution in [3.8, 4) is 0 Å². The molecule has 4 nitrogen and oxygen atoms in total. The number of rotatable bonds is 4. The van der Waals surface area contributed by atoms with E-state index in [1.807, 2.05) is 42.6 Å². The number of carbonyl (C=O) groups is 1. The first-order valence-corrected chi connectivity index (χ1v) is 6.29. The zero-order valence-corrected chi connectivity index (χ0v) is 10.5. The molecule has 0 bridgehead atoms. The highest BCUT2D eigenvalue weighted by Gasteiger charge is 2.23. The van der Waals surface area contributed by atoms with E-state index in [9.17, 15) is 9.90 Å². The maximum Gasteiger partial charge on any atom is 0.317 e. The molecule has 0 fully saturated rings. The van der Waals surface area contributed by atoms with Crippen molar-refractivity contribution in [2.45, 2.75) is 24.1 Å². The lowest BCUT2D eigenvalue weighted by Crippen LogP contribution is -2.22. The van der Waals surface area contributed by atoms with Crippen LogP contribution in [-0.2, 0) is 4.79 Å². The van der Waals surface area contributed by atoms with Gasteiger partial charge in [0.2, 0.25) is 0 Å². The summed E-state index contributed by atoms with van der Waals surface area (Å²) in [5.74, 6) is -0.696. The van der Waals surface area contributed by atoms with Crippen molar-refractivity contribution < 1.29 is 9.90 Å². The molecule has 2 aromatic heterocycles. The van der Waals surface area contributed by atoms with Gasteiger partial charge in [-0.2, -0.15) is 0 Å². The number of thioether (sulfide) groups is 1. The molecule has 0 aliphatic carbocycles. The van der Waals surface area contributed by atoms with Gasteiger partial charge in [0.05, 0.1) is 5.03 Å². The number of nitrogens with zero attached hydrogens (tertiary/aromatic N) is 2. The zero-order valence-electron chi connectivity index (χ0n) is 9.70. The lowest BCUT2D eigenvalue weighted by molar-refractivity contribution is -0.137. The first kappa shape index (κ1) is 12.0. The first-order chi connectivity index (χ1) is 8.09. The Morgan fingerprint density at radius 2 is 2.24 bits per heavy atom. The summed E-state index contributed by atoms with van der Waals surface area (Å²) in [6.45, 7) is 3.83. The number of aliphatic carboxylic acids is 1. The molecule has 5 heteroatoms. The minimum absolute atomic E-state index is 0.0799. The smallest absolute Gasteiger partial charge is 0.317 e. The van der Waals surface area contributed by atoms with Crippen LogP contribution < -0.4 is 0 Å². The maximum atomic E-state index is 11.2. The Balaban J connectivity index is 2.34. The Hall–Kier alpha value is -1.49. The molecule has 0 amide bonds. The Morgan fingerprint density at radius 1 is 1.47 bits per heavy atom. The molecular weight excluding hydrogens is 236 g/mol. The standard InChI is InChI=1S/C12H14N2O2S/c1-8(2)11(12(15)16)17-10-5-3-4-9-13-6-7-14(9)10/h3-8,11H,1-2H3,(H,15,16). The van der Waals surface area contributed by atoms with E-state index in [0.717, 1.165) is 10.7 Å². The number of aromatic nitrogens is 2. The van der Waals surface area contributed by atoms with Crippen LogP contribution in [0, 0.1) is 5.92 Å². The summed E-state index contributed by atoms with van der Waals surface area (Å²) in [5.41, 5.74) is 0.836. The van der Waals surface area contributed by atoms with Gasteiger partial charge in [-0.1, -0.05) is 31.7 Å². The average Bonchev–Trinajstić information content (AvgIpc) is 2.73. The Kier molecular flexibility index (Phi) is 3.38. The normalized spacial score (nSPS) is 13.1. The first-order valence-electron chi connectivity index (χ1n) is 5.41. The van der Waals surface area contributed by atoms with Crippen LogP contribution >= 0.6 is 11.8 Å². The van der Waals surface area contributed by atoms with Crippen LogP contribution in [0.3, 0.4) is 0 Å². The van der Waals surface area contributed by atoms with Gasteiger partial charge in [-0.05, 0) is 18.1 Å². The quantitative estimate of drug-likeness (QED) is 0.847. The fourth-order valence-electron chi connectivity index (χ4n) is 1.62. The summed E-state index contributed by atoms with van der Waals surface area (Å²) in [5, 5.41) is 9.64. The van der Waals surface area contributed by atoms with Crippen LogP contribution in [0.5, 0.6) is 0 Å². The summed E-state index contributed by atoms with van der Waals surface area (Å²) in [6.07, 6.45) is 3.56. The predicted molar refractivity (Wildman–Crippen MR) is 67.3 cm³/mol. The van der Waals surface area contributed by atoms with Gasteiger partial charge in [0.15, 0.2) is 0 Å². The minimum Gasteiger partial charge on any atom is -0.480 e. The molecule has 90 valence electrons. The van der Waals surface area contributed by atoms with Crippen molar-refractivity contribution in [3.63, 3.8) is 0 Å². The lowest BCUT2D eigenvalue weighted by atomic mass is 10.1. The molecule has 0 aliphatic rings. The van der Waals surface area contributed by atoms with Gasteiger partial charge in [0.25, 0.3) is 0 Å². The van der Waals surface area contributed by atoms with E-state index in [1.165, 1.54) is 11.8 Å². The maximum absolute atomic E-state index is 11.2. The second-order valence-electron chi connectivity index (χ2n) is 4.14. The van der Waals surface area contributed by atoms with Crippen LogP contribution in [0.15, 0.2) is 35.6 Å². The van der Waals surface area contributed by atoms with Gasteiger partial charge < -0.3 is 5.11 Å². The summed E-state index contributed by atoms with van der Waals surface area (Å²) in [4.78, 5) is 15.4. The van der Waals surface area contributed by atoms with E-state index >= 15 is 0 Å². The highest BCUT2D eigenvalue weighted by Crippen LogP contribution is 2.28. The van der Waals surface area contributed by atoms with Crippen molar-refractivity contribution in [2.75, 3.05) is 0 Å². The largest absolute Gasteiger partial charge is 0.480 e. The monoisotopic (exact) mass is 250 g/mol. The molecule has 0 saturated carbocycles. The molecular formula is C12H14N2O2S. The highest BCUT2D eigenvalue weighted by atomic mass is 32.2. The van der Waals surface area contributed by atoms with E-state index in [4.69, 9.17) is 0 Å². The van der Waals surface area contributed by atoms with Crippen LogP contribution in [0.25, 0.3) is 5.65 Å². The van der Waals surface area contributed by atoms with Gasteiger partial charge in [0.1, 0.15) is 10.9 Å². The van der Waals surface area contributed by atoms with E-state index in [0.29, 0.717) is 0 Å². The highest BCUT2D eigenvalue weighted by molar-refractivity contribution is 8.00. The molecule has 1 atom stereocenters. The van der Waals surface area contributed by atoms with Crippen molar-refractivity contribution >= 4 is 23.4 Å². The minimum atomic E-state index is -0.776. The van der Waals surface area contributed by atoms with Gasteiger partial charge >= 0.3 is 5.97 Å². The lowest BCUT2D eigenvalue weighted by Gasteiger charge is -2.16. The number of fused-ring (bicyclic) bond motifs is 1. The number of pyridine rings is 1. The number of carboxylic acid groups (broad SMARTS) is 1. The van der Waals surface area contributed by atoms with E-state index in [1.54, 1.807) is 6.20 Å². The van der Waals surface area contributed by atoms with Crippen LogP contribution in [0.1, 0.15) is 13.8 Å². The van der Waals surface area contributed by atoms with E-state index in [-0.39, 0.29) is 5.92 Å². The van der Waals surface area contributed by atoms with Crippen molar-refractivity contribution in [1.29, 1.82) is 0 Å². The zero-order chi connectivity index (χ0) is 12.4. The average molecular weight is 250 g/mol. The van der Waals surface area contributed by atoms with Gasteiger partial charge in [0, 0.05) is 12.4 Å². The molecule has 2 rings (SSSR count). The molecule has 1 unspecified atom stereocenters. The van der Waals surface area contributed by atoms with Gasteiger partial charge in [-0.3, -0.25) is 9.20 Å². The molecule has 0 saturated heterocycles. The second-order valence-corrected chi connectivity index (χ2v) is 5.30. The van der Waals surface area contributed by atoms with Crippen molar-refractivity contribution in [2.24, 2.45) is 5.92 Å². The molecule has 1 N–H and O–H groups in total. The second kappa shape index (κ2) is 4.79. The third-order valence-electron chi connectivity index (χ3n) is 2.49. The molecule has 0 spiro atoms. The Labute approximate surface area is 104 Å². The fraction of sp³-hybridized carbons (Fsp3) is 0.333. The summed E-state index contributed by atoms with van der Waals surface area (Å²) in [7, 11) is 0. The molecule has 17 heavy (non-hydrogen) atoms. The van der Waals surface area contributed by atoms with Crippen molar-refractivity contribution in [1.82, 2.24) is 9.38 Å². The summed E-state index contributed by atoms with van der Waals surface area (Å²) >= 11 is 1.36. The fourth-order valence-corrected chi connectivity index (χ4v) is 2.68. The molecule has 0 radical (unpaired) electrons. The SMILES string of the molecule is CC(C)C(Sc1cccc2nccn12)C(=O)O. The van der Waals surface area contributed by atoms with Crippen molar-refractivity contribution in [3.05, 3.63) is 30.6 Å². The number of imidazole rings is 1. The summed E-state index contributed by atoms with van der Waals surface area (Å²) in [6, 6.07) is 5.71. The molecule has 2 aromatic rings. The van der Waals surface area contributed by atoms with Crippen LogP contribution in [0.2, 0.25) is 0 Å². The molecule has 0 aliphatic heterocycles. The summed E-state index contributed by atoms with van der Waals surface area (Å²) < 4.78 is 1.91. The number of carboxylic acids is 1. The van der Waals surface area contributed by atoms with E-state index < -0.39 is 11.2 Å². The van der Waals surface area contributed by atoms with E-state index in [2.05, 4.69) is 4.98 Å². The van der Waals surface area contributed by atoms with Gasteiger partial charge in [-0.15, -0.1) is 0 Å². The predicted octanol–water partition coefficient (Wildman–Crippen LogP) is 2.54. The van der Waals surface area contributed by atoms with Gasteiger partial charge in [-0.25, -0.2) is 4.98 Å².